The van der Waals surface area contributed by atoms with Gasteiger partial charge in [-0.05, 0) is 42.8 Å². The number of nitrogens with one attached hydrogen (secondary N) is 1. The molecule has 4 rings (SSSR count). The Labute approximate surface area is 206 Å². The van der Waals surface area contributed by atoms with E-state index < -0.39 is 0 Å². The molecule has 0 aliphatic carbocycles. The third-order valence-electron chi connectivity index (χ3n) is 5.28. The molecule has 0 aliphatic heterocycles. The molecular weight excluding hydrogens is 475 g/mol. The Hall–Kier alpha value is -3.75. The largest absolute Gasteiger partial charge is 0.495 e. The van der Waals surface area contributed by atoms with Crippen molar-refractivity contribution in [1.82, 2.24) is 15.0 Å². The summed E-state index contributed by atoms with van der Waals surface area (Å²) in [6.07, 6.45) is 3.13. The Morgan fingerprint density at radius 1 is 0.882 bits per heavy atom. The summed E-state index contributed by atoms with van der Waals surface area (Å²) < 4.78 is 10.7. The van der Waals surface area contributed by atoms with Crippen LogP contribution in [0.2, 0.25) is 10.0 Å². The molecule has 8 nitrogen and oxygen atoms in total. The molecular formula is C24H22Cl2N6O2. The average Bonchev–Trinajstić information content (AvgIpc) is 2.85. The Kier molecular flexibility index (Phi) is 6.63. The van der Waals surface area contributed by atoms with E-state index in [2.05, 4.69) is 20.3 Å². The Morgan fingerprint density at radius 3 is 2.21 bits per heavy atom. The van der Waals surface area contributed by atoms with Gasteiger partial charge in [0.15, 0.2) is 0 Å². The summed E-state index contributed by atoms with van der Waals surface area (Å²) >= 11 is 13.1. The Bertz CT molecular complexity index is 1330. The number of pyridine rings is 1. The summed E-state index contributed by atoms with van der Waals surface area (Å²) in [5.41, 5.74) is 17.2. The SMILES string of the molecule is COc1cc(OC)c(Cl)c(Nc2ncccc2-c2cc(-c3cc(C)c(N)c(N)c3)ncn2)c1Cl. The summed E-state index contributed by atoms with van der Waals surface area (Å²) in [5, 5.41) is 3.80. The number of anilines is 4. The first kappa shape index (κ1) is 23.4. The normalized spacial score (nSPS) is 10.7. The van der Waals surface area contributed by atoms with Crippen molar-refractivity contribution in [2.75, 3.05) is 31.0 Å². The highest BCUT2D eigenvalue weighted by atomic mass is 35.5. The van der Waals surface area contributed by atoms with Gasteiger partial charge in [0, 0.05) is 23.4 Å². The van der Waals surface area contributed by atoms with Crippen molar-refractivity contribution in [1.29, 1.82) is 0 Å². The molecule has 0 bridgehead atoms. The lowest BCUT2D eigenvalue weighted by Crippen LogP contribution is -2.01. The maximum atomic E-state index is 6.54. The van der Waals surface area contributed by atoms with Crippen molar-refractivity contribution in [3.05, 3.63) is 64.5 Å². The van der Waals surface area contributed by atoms with E-state index in [1.165, 1.54) is 20.5 Å². The molecule has 10 heteroatoms. The minimum Gasteiger partial charge on any atom is -0.495 e. The number of hydrogen-bond acceptors (Lipinski definition) is 8. The van der Waals surface area contributed by atoms with Crippen molar-refractivity contribution < 1.29 is 9.47 Å². The Morgan fingerprint density at radius 2 is 1.56 bits per heavy atom. The quantitative estimate of drug-likeness (QED) is 0.288. The van der Waals surface area contributed by atoms with Crippen LogP contribution in [-0.4, -0.2) is 29.2 Å². The van der Waals surface area contributed by atoms with Crippen LogP contribution in [0.5, 0.6) is 11.5 Å². The molecule has 0 spiro atoms. The number of aromatic nitrogens is 3. The van der Waals surface area contributed by atoms with Crippen LogP contribution in [-0.2, 0) is 0 Å². The fourth-order valence-corrected chi connectivity index (χ4v) is 4.06. The van der Waals surface area contributed by atoms with E-state index in [9.17, 15) is 0 Å². The van der Waals surface area contributed by atoms with Crippen LogP contribution in [0.3, 0.4) is 0 Å². The van der Waals surface area contributed by atoms with Gasteiger partial charge in [0.1, 0.15) is 33.7 Å². The number of ether oxygens (including phenoxy) is 2. The topological polar surface area (TPSA) is 121 Å². The summed E-state index contributed by atoms with van der Waals surface area (Å²) in [6.45, 7) is 1.90. The van der Waals surface area contributed by atoms with Crippen LogP contribution in [0, 0.1) is 6.92 Å². The van der Waals surface area contributed by atoms with E-state index in [0.717, 1.165) is 11.1 Å². The first-order chi connectivity index (χ1) is 16.3. The lowest BCUT2D eigenvalue weighted by Gasteiger charge is -2.17. The van der Waals surface area contributed by atoms with Crippen molar-refractivity contribution in [3.8, 4) is 34.0 Å². The predicted molar refractivity (Wildman–Crippen MR) is 137 cm³/mol. The number of rotatable bonds is 6. The molecule has 34 heavy (non-hydrogen) atoms. The molecule has 5 N–H and O–H groups in total. The van der Waals surface area contributed by atoms with Crippen LogP contribution < -0.4 is 26.3 Å². The molecule has 0 saturated carbocycles. The second kappa shape index (κ2) is 9.62. The van der Waals surface area contributed by atoms with Gasteiger partial charge in [-0.2, -0.15) is 0 Å². The van der Waals surface area contributed by atoms with Gasteiger partial charge >= 0.3 is 0 Å². The highest BCUT2D eigenvalue weighted by Gasteiger charge is 2.19. The fourth-order valence-electron chi connectivity index (χ4n) is 3.46. The summed E-state index contributed by atoms with van der Waals surface area (Å²) in [4.78, 5) is 13.3. The second-order valence-electron chi connectivity index (χ2n) is 7.39. The van der Waals surface area contributed by atoms with E-state index in [1.54, 1.807) is 18.3 Å². The number of halogens is 2. The molecule has 2 heterocycles. The minimum absolute atomic E-state index is 0.293. The van der Waals surface area contributed by atoms with Crippen LogP contribution in [0.15, 0.2) is 48.9 Å². The number of aryl methyl sites for hydroxylation is 1. The zero-order valence-electron chi connectivity index (χ0n) is 18.7. The summed E-state index contributed by atoms with van der Waals surface area (Å²) in [6, 6.07) is 10.9. The smallest absolute Gasteiger partial charge is 0.143 e. The van der Waals surface area contributed by atoms with Crippen molar-refractivity contribution >= 4 is 46.1 Å². The number of methoxy groups -OCH3 is 2. The number of nitrogens with zero attached hydrogens (tertiary/aromatic N) is 3. The second-order valence-corrected chi connectivity index (χ2v) is 8.15. The molecule has 0 radical (unpaired) electrons. The van der Waals surface area contributed by atoms with Crippen LogP contribution >= 0.6 is 23.2 Å². The van der Waals surface area contributed by atoms with E-state index in [-0.39, 0.29) is 0 Å². The first-order valence-electron chi connectivity index (χ1n) is 10.1. The summed E-state index contributed by atoms with van der Waals surface area (Å²) in [7, 11) is 3.03. The van der Waals surface area contributed by atoms with Gasteiger partial charge < -0.3 is 26.3 Å². The van der Waals surface area contributed by atoms with Crippen molar-refractivity contribution in [2.45, 2.75) is 6.92 Å². The molecule has 174 valence electrons. The van der Waals surface area contributed by atoms with Crippen molar-refractivity contribution in [3.63, 3.8) is 0 Å². The highest BCUT2D eigenvalue weighted by Crippen LogP contribution is 2.45. The molecule has 0 atom stereocenters. The first-order valence-corrected chi connectivity index (χ1v) is 10.9. The maximum Gasteiger partial charge on any atom is 0.143 e. The third kappa shape index (κ3) is 4.37. The Balaban J connectivity index is 1.79. The summed E-state index contributed by atoms with van der Waals surface area (Å²) in [5.74, 6) is 1.30. The molecule has 0 amide bonds. The average molecular weight is 497 g/mol. The molecule has 0 unspecified atom stereocenters. The zero-order valence-corrected chi connectivity index (χ0v) is 20.2. The molecule has 0 aliphatic rings. The predicted octanol–water partition coefficient (Wildman–Crippen LogP) is 5.75. The lowest BCUT2D eigenvalue weighted by molar-refractivity contribution is 0.395. The monoisotopic (exact) mass is 496 g/mol. The molecule has 0 fully saturated rings. The number of nitrogens with two attached hydrogens (primary N) is 2. The van der Waals surface area contributed by atoms with Crippen LogP contribution in [0.1, 0.15) is 5.56 Å². The van der Waals surface area contributed by atoms with E-state index in [1.807, 2.05) is 31.2 Å². The van der Waals surface area contributed by atoms with E-state index in [4.69, 9.17) is 44.1 Å². The van der Waals surface area contributed by atoms with Crippen LogP contribution in [0.25, 0.3) is 22.5 Å². The fraction of sp³-hybridized carbons (Fsp3) is 0.125. The number of benzene rings is 2. The highest BCUT2D eigenvalue weighted by molar-refractivity contribution is 6.41. The number of nitrogen functional groups attached to an aromatic ring is 2. The lowest BCUT2D eigenvalue weighted by atomic mass is 10.0. The van der Waals surface area contributed by atoms with Gasteiger partial charge in [-0.15, -0.1) is 0 Å². The molecule has 0 saturated heterocycles. The number of hydrogen-bond donors (Lipinski definition) is 3. The molecule has 2 aromatic heterocycles. The van der Waals surface area contributed by atoms with E-state index in [0.29, 0.717) is 61.4 Å². The van der Waals surface area contributed by atoms with Gasteiger partial charge in [0.2, 0.25) is 0 Å². The van der Waals surface area contributed by atoms with Gasteiger partial charge in [-0.3, -0.25) is 0 Å². The van der Waals surface area contributed by atoms with Gasteiger partial charge in [-0.1, -0.05) is 23.2 Å². The van der Waals surface area contributed by atoms with E-state index >= 15 is 0 Å². The maximum absolute atomic E-state index is 6.54. The van der Waals surface area contributed by atoms with Gasteiger partial charge in [0.25, 0.3) is 0 Å². The van der Waals surface area contributed by atoms with Crippen molar-refractivity contribution in [2.24, 2.45) is 0 Å². The van der Waals surface area contributed by atoms with Crippen LogP contribution in [0.4, 0.5) is 22.9 Å². The minimum atomic E-state index is 0.293. The van der Waals surface area contributed by atoms with Gasteiger partial charge in [0.05, 0.1) is 42.7 Å². The van der Waals surface area contributed by atoms with Gasteiger partial charge in [-0.25, -0.2) is 15.0 Å². The molecule has 4 aromatic rings. The molecule has 2 aromatic carbocycles. The standard InChI is InChI=1S/C24H22Cl2N6O2/c1-12-7-13(8-15(27)22(12)28)16-9-17(31-11-30-16)14-5-4-6-29-24(14)32-23-20(25)18(33-2)10-19(34-3)21(23)26/h4-11H,27-28H2,1-3H3,(H,29,32). The zero-order chi connectivity index (χ0) is 24.4. The third-order valence-corrected chi connectivity index (χ3v) is 6.03.